The molecule has 0 bridgehead atoms. The minimum atomic E-state index is -6.53. The third-order valence-corrected chi connectivity index (χ3v) is 4.21. The molecule has 1 aliphatic heterocycles. The Kier molecular flexibility index (Phi) is 5.77. The first kappa shape index (κ1) is 20.8. The first-order chi connectivity index (χ1) is 11.9. The van der Waals surface area contributed by atoms with Crippen LogP contribution in [0, 0.1) is 0 Å². The van der Waals surface area contributed by atoms with E-state index < -0.39 is 23.9 Å². The molecule has 0 atom stereocenters. The number of amides is 1. The van der Waals surface area contributed by atoms with Crippen molar-refractivity contribution in [3.8, 4) is 0 Å². The van der Waals surface area contributed by atoms with Crippen LogP contribution in [0.15, 0.2) is 24.3 Å². The largest absolute Gasteiger partial charge is 0.460 e. The van der Waals surface area contributed by atoms with Gasteiger partial charge in [0.05, 0.1) is 0 Å². The molecule has 1 saturated heterocycles. The van der Waals surface area contributed by atoms with Gasteiger partial charge < -0.3 is 4.90 Å². The van der Waals surface area contributed by atoms with Crippen molar-refractivity contribution in [2.45, 2.75) is 24.6 Å². The molecule has 0 saturated carbocycles. The number of rotatable bonds is 4. The first-order valence-electron chi connectivity index (χ1n) is 7.45. The number of piperazine rings is 1. The lowest BCUT2D eigenvalue weighted by molar-refractivity contribution is -0.346. The minimum Gasteiger partial charge on any atom is -0.335 e. The number of benzene rings is 1. The standard InChI is InChI=1S/C15H14ClF7N2O/c16-11-3-1-2-10(8-11)9-24-4-6-25(7-5-24)12(26)13(17,18)14(19,20)15(21,22)23/h1-3,8H,4-7,9H2. The van der Waals surface area contributed by atoms with Gasteiger partial charge in [-0.1, -0.05) is 23.7 Å². The molecule has 1 fully saturated rings. The maximum Gasteiger partial charge on any atom is 0.460 e. The molecular weight excluding hydrogens is 393 g/mol. The molecular formula is C15H14ClF7N2O. The van der Waals surface area contributed by atoms with E-state index in [0.717, 1.165) is 5.56 Å². The maximum atomic E-state index is 13.5. The Morgan fingerprint density at radius 1 is 1.00 bits per heavy atom. The second kappa shape index (κ2) is 7.22. The Bertz CT molecular complexity index is 658. The molecule has 1 amide bonds. The summed E-state index contributed by atoms with van der Waals surface area (Å²) < 4.78 is 89.4. The van der Waals surface area contributed by atoms with Gasteiger partial charge >= 0.3 is 18.0 Å². The lowest BCUT2D eigenvalue weighted by Crippen LogP contribution is -2.62. The lowest BCUT2D eigenvalue weighted by atomic mass is 10.1. The molecule has 3 nitrogen and oxygen atoms in total. The number of carbonyl (C=O) groups excluding carboxylic acids is 1. The molecule has 0 radical (unpaired) electrons. The van der Waals surface area contributed by atoms with E-state index in [-0.39, 0.29) is 26.2 Å². The van der Waals surface area contributed by atoms with Gasteiger partial charge in [0.25, 0.3) is 5.91 Å². The van der Waals surface area contributed by atoms with Gasteiger partial charge in [-0.2, -0.15) is 30.7 Å². The highest BCUT2D eigenvalue weighted by Crippen LogP contribution is 2.47. The van der Waals surface area contributed by atoms with E-state index in [1.54, 1.807) is 29.2 Å². The molecule has 0 aromatic heterocycles. The van der Waals surface area contributed by atoms with Crippen LogP contribution in [0.5, 0.6) is 0 Å². The van der Waals surface area contributed by atoms with Crippen LogP contribution in [-0.2, 0) is 11.3 Å². The summed E-state index contributed by atoms with van der Waals surface area (Å²) in [6, 6.07) is 6.81. The number of alkyl halides is 7. The zero-order valence-electron chi connectivity index (χ0n) is 13.2. The molecule has 2 rings (SSSR count). The second-order valence-electron chi connectivity index (χ2n) is 5.84. The van der Waals surface area contributed by atoms with Crippen LogP contribution < -0.4 is 0 Å². The van der Waals surface area contributed by atoms with Gasteiger partial charge in [-0.15, -0.1) is 0 Å². The molecule has 11 heteroatoms. The molecule has 0 spiro atoms. The lowest BCUT2D eigenvalue weighted by Gasteiger charge is -2.37. The van der Waals surface area contributed by atoms with E-state index >= 15 is 0 Å². The number of halogens is 8. The van der Waals surface area contributed by atoms with Crippen molar-refractivity contribution in [1.82, 2.24) is 9.80 Å². The van der Waals surface area contributed by atoms with Gasteiger partial charge in [-0.25, -0.2) is 0 Å². The van der Waals surface area contributed by atoms with Crippen molar-refractivity contribution in [1.29, 1.82) is 0 Å². The highest BCUT2D eigenvalue weighted by atomic mass is 35.5. The highest BCUT2D eigenvalue weighted by molar-refractivity contribution is 6.30. The van der Waals surface area contributed by atoms with Crippen molar-refractivity contribution < 1.29 is 35.5 Å². The Hall–Kier alpha value is -1.55. The van der Waals surface area contributed by atoms with Gasteiger partial charge in [-0.3, -0.25) is 9.69 Å². The molecule has 1 aromatic rings. The first-order valence-corrected chi connectivity index (χ1v) is 7.82. The predicted octanol–water partition coefficient (Wildman–Crippen LogP) is 3.82. The van der Waals surface area contributed by atoms with Crippen LogP contribution in [0.3, 0.4) is 0 Å². The zero-order chi connectivity index (χ0) is 19.8. The summed E-state index contributed by atoms with van der Waals surface area (Å²) >= 11 is 5.84. The van der Waals surface area contributed by atoms with Crippen LogP contribution in [0.25, 0.3) is 0 Å². The Morgan fingerprint density at radius 2 is 1.58 bits per heavy atom. The third kappa shape index (κ3) is 4.06. The quantitative estimate of drug-likeness (QED) is 0.710. The van der Waals surface area contributed by atoms with Crippen molar-refractivity contribution >= 4 is 17.5 Å². The third-order valence-electron chi connectivity index (χ3n) is 3.97. The number of hydrogen-bond acceptors (Lipinski definition) is 2. The van der Waals surface area contributed by atoms with E-state index in [1.807, 2.05) is 0 Å². The highest BCUT2D eigenvalue weighted by Gasteiger charge is 2.76. The van der Waals surface area contributed by atoms with Gasteiger partial charge in [0.1, 0.15) is 0 Å². The van der Waals surface area contributed by atoms with Gasteiger partial charge in [0, 0.05) is 37.7 Å². The Labute approximate surface area is 149 Å². The minimum absolute atomic E-state index is 0.0475. The summed E-state index contributed by atoms with van der Waals surface area (Å²) in [6.07, 6.45) is -6.53. The summed E-state index contributed by atoms with van der Waals surface area (Å²) in [6.45, 7) is -0.304. The van der Waals surface area contributed by atoms with Crippen molar-refractivity contribution in [2.24, 2.45) is 0 Å². The normalized spacial score (nSPS) is 17.5. The van der Waals surface area contributed by atoms with E-state index in [1.165, 1.54) is 0 Å². The molecule has 26 heavy (non-hydrogen) atoms. The van der Waals surface area contributed by atoms with Crippen LogP contribution in [0.2, 0.25) is 5.02 Å². The fraction of sp³-hybridized carbons (Fsp3) is 0.533. The monoisotopic (exact) mass is 406 g/mol. The van der Waals surface area contributed by atoms with Crippen LogP contribution in [0.4, 0.5) is 30.7 Å². The van der Waals surface area contributed by atoms with E-state index in [2.05, 4.69) is 0 Å². The van der Waals surface area contributed by atoms with Crippen molar-refractivity contribution in [3.63, 3.8) is 0 Å². The maximum absolute atomic E-state index is 13.5. The fourth-order valence-electron chi connectivity index (χ4n) is 2.51. The van der Waals surface area contributed by atoms with Crippen LogP contribution in [-0.4, -0.2) is 59.9 Å². The fourth-order valence-corrected chi connectivity index (χ4v) is 2.73. The number of hydrogen-bond donors (Lipinski definition) is 0. The molecule has 0 unspecified atom stereocenters. The summed E-state index contributed by atoms with van der Waals surface area (Å²) in [5.74, 6) is -14.8. The summed E-state index contributed by atoms with van der Waals surface area (Å²) in [7, 11) is 0. The number of carbonyl (C=O) groups is 1. The van der Waals surface area contributed by atoms with Gasteiger partial charge in [-0.05, 0) is 17.7 Å². The van der Waals surface area contributed by atoms with Crippen LogP contribution in [0.1, 0.15) is 5.56 Å². The zero-order valence-corrected chi connectivity index (χ0v) is 13.9. The molecule has 0 aliphatic carbocycles. The van der Waals surface area contributed by atoms with Crippen LogP contribution >= 0.6 is 11.6 Å². The van der Waals surface area contributed by atoms with Crippen molar-refractivity contribution in [3.05, 3.63) is 34.9 Å². The van der Waals surface area contributed by atoms with Gasteiger partial charge in [0.15, 0.2) is 0 Å². The van der Waals surface area contributed by atoms with E-state index in [0.29, 0.717) is 16.5 Å². The second-order valence-corrected chi connectivity index (χ2v) is 6.28. The molecule has 1 heterocycles. The van der Waals surface area contributed by atoms with Gasteiger partial charge in [0.2, 0.25) is 0 Å². The smallest absolute Gasteiger partial charge is 0.335 e. The molecule has 1 aromatic carbocycles. The van der Waals surface area contributed by atoms with E-state index in [4.69, 9.17) is 11.6 Å². The molecule has 1 aliphatic rings. The summed E-state index contributed by atoms with van der Waals surface area (Å²) in [4.78, 5) is 13.7. The molecule has 146 valence electrons. The average Bonchev–Trinajstić information content (AvgIpc) is 2.53. The Morgan fingerprint density at radius 3 is 2.08 bits per heavy atom. The molecule has 0 N–H and O–H groups in total. The predicted molar refractivity (Wildman–Crippen MR) is 79.3 cm³/mol. The Balaban J connectivity index is 1.99. The average molecular weight is 407 g/mol. The topological polar surface area (TPSA) is 23.6 Å². The SMILES string of the molecule is O=C(N1CCN(Cc2cccc(Cl)c2)CC1)C(F)(F)C(F)(F)C(F)(F)F. The number of nitrogens with zero attached hydrogens (tertiary/aromatic N) is 2. The summed E-state index contributed by atoms with van der Waals surface area (Å²) in [5.41, 5.74) is 0.811. The van der Waals surface area contributed by atoms with Crippen molar-refractivity contribution in [2.75, 3.05) is 26.2 Å². The van der Waals surface area contributed by atoms with E-state index in [9.17, 15) is 35.5 Å². The summed E-state index contributed by atoms with van der Waals surface area (Å²) in [5, 5.41) is 0.491.